The summed E-state index contributed by atoms with van der Waals surface area (Å²) in [6.07, 6.45) is 0. The van der Waals surface area contributed by atoms with Crippen molar-refractivity contribution in [2.24, 2.45) is 0 Å². The van der Waals surface area contributed by atoms with Crippen LogP contribution in [-0.2, 0) is 0 Å². The molecule has 98 valence electrons. The van der Waals surface area contributed by atoms with Gasteiger partial charge in [-0.2, -0.15) is 0 Å². The average molecular weight is 279 g/mol. The molecule has 1 saturated heterocycles. The molecule has 0 spiro atoms. The number of aromatic hydroxyl groups is 1. The number of phenolic OH excluding ortho intramolecular Hbond substituents is 1. The number of hydrogen-bond donors (Lipinski definition) is 2. The van der Waals surface area contributed by atoms with E-state index in [-0.39, 0.29) is 24.8 Å². The molecule has 0 bridgehead atoms. The Morgan fingerprint density at radius 3 is 2.35 bits per heavy atom. The van der Waals surface area contributed by atoms with Crippen molar-refractivity contribution in [1.82, 2.24) is 10.2 Å². The van der Waals surface area contributed by atoms with Crippen LogP contribution < -0.4 is 5.32 Å². The molecule has 0 saturated carbocycles. The summed E-state index contributed by atoms with van der Waals surface area (Å²) in [6.45, 7) is 6.33. The fourth-order valence-corrected chi connectivity index (χ4v) is 2.11. The Labute approximate surface area is 115 Å². The van der Waals surface area contributed by atoms with Crippen molar-refractivity contribution in [3.63, 3.8) is 0 Å². The molecule has 0 aliphatic carbocycles. The summed E-state index contributed by atoms with van der Waals surface area (Å²) in [5.74, 6) is 0.406. The molecule has 2 rings (SSSR count). The molecule has 1 aromatic carbocycles. The highest BCUT2D eigenvalue weighted by Gasteiger charge is 2.19. The minimum atomic E-state index is 0. The molecule has 0 unspecified atom stereocenters. The number of phenols is 1. The third-order valence-corrected chi connectivity index (χ3v) is 3.09. The molecular weight excluding hydrogens is 259 g/mol. The SMILES string of the molecule is C[C@@H](c1ccccc1O)N1CCNCC1.Cl.Cl. The normalized spacial score (nSPS) is 17.7. The standard InChI is InChI=1S/C12H18N2O.2ClH/c1-10(14-8-6-13-7-9-14)11-4-2-3-5-12(11)15;;/h2-5,10,13,15H,6-9H2,1H3;2*1H/t10-;;/m0../s1. The van der Waals surface area contributed by atoms with Gasteiger partial charge < -0.3 is 10.4 Å². The van der Waals surface area contributed by atoms with Gasteiger partial charge in [-0.1, -0.05) is 18.2 Å². The summed E-state index contributed by atoms with van der Waals surface area (Å²) in [7, 11) is 0. The van der Waals surface area contributed by atoms with E-state index in [0.29, 0.717) is 11.8 Å². The van der Waals surface area contributed by atoms with E-state index in [2.05, 4.69) is 17.1 Å². The van der Waals surface area contributed by atoms with Crippen molar-refractivity contribution in [2.75, 3.05) is 26.2 Å². The Morgan fingerprint density at radius 1 is 1.18 bits per heavy atom. The number of benzene rings is 1. The van der Waals surface area contributed by atoms with Crippen LogP contribution >= 0.6 is 24.8 Å². The minimum Gasteiger partial charge on any atom is -0.508 e. The first-order valence-electron chi connectivity index (χ1n) is 5.51. The van der Waals surface area contributed by atoms with Gasteiger partial charge in [-0.05, 0) is 13.0 Å². The van der Waals surface area contributed by atoms with Crippen molar-refractivity contribution < 1.29 is 5.11 Å². The van der Waals surface area contributed by atoms with Gasteiger partial charge in [-0.25, -0.2) is 0 Å². The lowest BCUT2D eigenvalue weighted by Crippen LogP contribution is -2.44. The molecule has 0 amide bonds. The van der Waals surface area contributed by atoms with Gasteiger partial charge in [0.25, 0.3) is 0 Å². The van der Waals surface area contributed by atoms with E-state index in [1.54, 1.807) is 6.07 Å². The number of nitrogens with zero attached hydrogens (tertiary/aromatic N) is 1. The van der Waals surface area contributed by atoms with Gasteiger partial charge in [0.2, 0.25) is 0 Å². The van der Waals surface area contributed by atoms with Crippen molar-refractivity contribution in [2.45, 2.75) is 13.0 Å². The maximum Gasteiger partial charge on any atom is 0.120 e. The zero-order chi connectivity index (χ0) is 10.7. The molecular formula is C12H20Cl2N2O. The highest BCUT2D eigenvalue weighted by Crippen LogP contribution is 2.27. The van der Waals surface area contributed by atoms with E-state index < -0.39 is 0 Å². The third kappa shape index (κ3) is 4.03. The molecule has 3 nitrogen and oxygen atoms in total. The lowest BCUT2D eigenvalue weighted by Gasteiger charge is -2.33. The summed E-state index contributed by atoms with van der Waals surface area (Å²) in [4.78, 5) is 2.39. The Kier molecular flexibility index (Phi) is 7.55. The maximum atomic E-state index is 9.77. The van der Waals surface area contributed by atoms with Gasteiger partial charge >= 0.3 is 0 Å². The summed E-state index contributed by atoms with van der Waals surface area (Å²) < 4.78 is 0. The van der Waals surface area contributed by atoms with Crippen LogP contribution in [0.2, 0.25) is 0 Å². The summed E-state index contributed by atoms with van der Waals surface area (Å²) in [5.41, 5.74) is 1.03. The molecule has 5 heteroatoms. The lowest BCUT2D eigenvalue weighted by atomic mass is 10.1. The quantitative estimate of drug-likeness (QED) is 0.871. The highest BCUT2D eigenvalue weighted by atomic mass is 35.5. The second-order valence-corrected chi connectivity index (χ2v) is 4.02. The first-order valence-corrected chi connectivity index (χ1v) is 5.51. The van der Waals surface area contributed by atoms with Crippen LogP contribution in [0.15, 0.2) is 24.3 Å². The number of rotatable bonds is 2. The van der Waals surface area contributed by atoms with E-state index in [1.807, 2.05) is 18.2 Å². The second-order valence-electron chi connectivity index (χ2n) is 4.02. The molecule has 2 N–H and O–H groups in total. The largest absolute Gasteiger partial charge is 0.508 e. The molecule has 1 fully saturated rings. The van der Waals surface area contributed by atoms with Crippen molar-refractivity contribution in [3.8, 4) is 5.75 Å². The van der Waals surface area contributed by atoms with E-state index in [9.17, 15) is 5.11 Å². The van der Waals surface area contributed by atoms with Crippen LogP contribution in [0.3, 0.4) is 0 Å². The Morgan fingerprint density at radius 2 is 1.76 bits per heavy atom. The zero-order valence-electron chi connectivity index (χ0n) is 9.93. The van der Waals surface area contributed by atoms with Crippen molar-refractivity contribution >= 4 is 24.8 Å². The highest BCUT2D eigenvalue weighted by molar-refractivity contribution is 5.85. The smallest absolute Gasteiger partial charge is 0.120 e. The summed E-state index contributed by atoms with van der Waals surface area (Å²) in [5, 5.41) is 13.1. The van der Waals surface area contributed by atoms with E-state index in [1.165, 1.54) is 0 Å². The monoisotopic (exact) mass is 278 g/mol. The van der Waals surface area contributed by atoms with E-state index in [4.69, 9.17) is 0 Å². The van der Waals surface area contributed by atoms with Crippen molar-refractivity contribution in [1.29, 1.82) is 0 Å². The van der Waals surface area contributed by atoms with Gasteiger partial charge in [0.05, 0.1) is 0 Å². The van der Waals surface area contributed by atoms with Gasteiger partial charge in [0.1, 0.15) is 5.75 Å². The van der Waals surface area contributed by atoms with Crippen LogP contribution in [0.1, 0.15) is 18.5 Å². The molecule has 1 aromatic rings. The molecule has 0 aromatic heterocycles. The Hall–Kier alpha value is -0.480. The minimum absolute atomic E-state index is 0. The van der Waals surface area contributed by atoms with Gasteiger partial charge in [-0.15, -0.1) is 24.8 Å². The summed E-state index contributed by atoms with van der Waals surface area (Å²) in [6, 6.07) is 7.90. The van der Waals surface area contributed by atoms with Crippen LogP contribution in [0.5, 0.6) is 5.75 Å². The molecule has 1 atom stereocenters. The van der Waals surface area contributed by atoms with E-state index in [0.717, 1.165) is 31.7 Å². The Balaban J connectivity index is 0.00000128. The molecule has 1 aliphatic heterocycles. The molecule has 1 heterocycles. The predicted octanol–water partition coefficient (Wildman–Crippen LogP) is 2.20. The molecule has 17 heavy (non-hydrogen) atoms. The first kappa shape index (κ1) is 16.5. The predicted molar refractivity (Wildman–Crippen MR) is 75.5 cm³/mol. The van der Waals surface area contributed by atoms with Crippen LogP contribution in [0, 0.1) is 0 Å². The summed E-state index contributed by atoms with van der Waals surface area (Å²) >= 11 is 0. The number of piperazine rings is 1. The van der Waals surface area contributed by atoms with Gasteiger partial charge in [0.15, 0.2) is 0 Å². The van der Waals surface area contributed by atoms with Gasteiger partial charge in [0, 0.05) is 37.8 Å². The van der Waals surface area contributed by atoms with Gasteiger partial charge in [-0.3, -0.25) is 4.90 Å². The topological polar surface area (TPSA) is 35.5 Å². The van der Waals surface area contributed by atoms with Crippen LogP contribution in [0.25, 0.3) is 0 Å². The lowest BCUT2D eigenvalue weighted by molar-refractivity contribution is 0.183. The number of nitrogens with one attached hydrogen (secondary N) is 1. The van der Waals surface area contributed by atoms with E-state index >= 15 is 0 Å². The first-order chi connectivity index (χ1) is 7.29. The molecule has 0 radical (unpaired) electrons. The fraction of sp³-hybridized carbons (Fsp3) is 0.500. The number of halogens is 2. The zero-order valence-corrected chi connectivity index (χ0v) is 11.6. The van der Waals surface area contributed by atoms with Crippen LogP contribution in [-0.4, -0.2) is 36.2 Å². The Bertz CT molecular complexity index is 330. The fourth-order valence-electron chi connectivity index (χ4n) is 2.11. The number of hydrogen-bond acceptors (Lipinski definition) is 3. The third-order valence-electron chi connectivity index (χ3n) is 3.09. The second kappa shape index (κ2) is 7.77. The molecule has 1 aliphatic rings. The average Bonchev–Trinajstić information content (AvgIpc) is 2.30. The van der Waals surface area contributed by atoms with Crippen molar-refractivity contribution in [3.05, 3.63) is 29.8 Å². The number of para-hydroxylation sites is 1. The van der Waals surface area contributed by atoms with Crippen LogP contribution in [0.4, 0.5) is 0 Å². The maximum absolute atomic E-state index is 9.77.